The van der Waals surface area contributed by atoms with E-state index in [0.717, 1.165) is 4.31 Å². The highest BCUT2D eigenvalue weighted by molar-refractivity contribution is 7.90. The molecule has 0 aromatic carbocycles. The van der Waals surface area contributed by atoms with Gasteiger partial charge in [-0.3, -0.25) is 0 Å². The highest BCUT2D eigenvalue weighted by atomic mass is 32.2. The molecule has 1 amide bonds. The predicted octanol–water partition coefficient (Wildman–Crippen LogP) is 1.17. The molecule has 0 aromatic rings. The summed E-state index contributed by atoms with van der Waals surface area (Å²) in [6.45, 7) is 9.32. The molecule has 0 bridgehead atoms. The van der Waals surface area contributed by atoms with E-state index < -0.39 is 38.0 Å². The molecular formula is C14H26N2O6S. The molecule has 0 aromatic heterocycles. The Balaban J connectivity index is 2.99. The van der Waals surface area contributed by atoms with Gasteiger partial charge in [0.15, 0.2) is 5.54 Å². The Morgan fingerprint density at radius 3 is 2.09 bits per heavy atom. The van der Waals surface area contributed by atoms with Gasteiger partial charge >= 0.3 is 12.1 Å². The topological polar surface area (TPSA) is 113 Å². The molecule has 0 aliphatic carbocycles. The molecule has 23 heavy (non-hydrogen) atoms. The van der Waals surface area contributed by atoms with Gasteiger partial charge in [-0.05, 0) is 48.0 Å². The number of sulfonamides is 1. The van der Waals surface area contributed by atoms with Crippen LogP contribution >= 0.6 is 0 Å². The quantitative estimate of drug-likeness (QED) is 0.790. The number of carbonyl (C=O) groups excluding carboxylic acids is 1. The molecule has 2 N–H and O–H groups in total. The van der Waals surface area contributed by atoms with Gasteiger partial charge in [0.2, 0.25) is 10.0 Å². The van der Waals surface area contributed by atoms with Gasteiger partial charge in [0.25, 0.3) is 0 Å². The zero-order valence-electron chi connectivity index (χ0n) is 14.5. The van der Waals surface area contributed by atoms with Crippen molar-refractivity contribution in [3.05, 3.63) is 0 Å². The second-order valence-electron chi connectivity index (χ2n) is 7.72. The Morgan fingerprint density at radius 1 is 1.17 bits per heavy atom. The van der Waals surface area contributed by atoms with Gasteiger partial charge in [-0.1, -0.05) is 0 Å². The maximum atomic E-state index is 12.5. The van der Waals surface area contributed by atoms with Crippen LogP contribution < -0.4 is 5.32 Å². The average Bonchev–Trinajstić information content (AvgIpc) is 2.70. The van der Waals surface area contributed by atoms with Crippen LogP contribution in [0.1, 0.15) is 48.0 Å². The summed E-state index contributed by atoms with van der Waals surface area (Å²) in [6.07, 6.45) is -0.897. The number of nitrogens with zero attached hydrogens (tertiary/aromatic N) is 1. The van der Waals surface area contributed by atoms with Gasteiger partial charge in [0.1, 0.15) is 5.60 Å². The lowest BCUT2D eigenvalue weighted by atomic mass is 9.99. The molecule has 1 saturated heterocycles. The van der Waals surface area contributed by atoms with Crippen LogP contribution in [0.25, 0.3) is 0 Å². The summed E-state index contributed by atoms with van der Waals surface area (Å²) in [5.41, 5.74) is -2.46. The van der Waals surface area contributed by atoms with Crippen molar-refractivity contribution in [3.8, 4) is 0 Å². The van der Waals surface area contributed by atoms with Crippen molar-refractivity contribution >= 4 is 22.1 Å². The lowest BCUT2D eigenvalue weighted by Gasteiger charge is -2.30. The van der Waals surface area contributed by atoms with Crippen molar-refractivity contribution in [2.45, 2.75) is 63.9 Å². The van der Waals surface area contributed by atoms with Crippen LogP contribution in [0.5, 0.6) is 0 Å². The average molecular weight is 350 g/mol. The van der Waals surface area contributed by atoms with E-state index in [1.807, 2.05) is 0 Å². The van der Waals surface area contributed by atoms with E-state index in [1.54, 1.807) is 41.5 Å². The van der Waals surface area contributed by atoms with Crippen LogP contribution in [-0.2, 0) is 19.6 Å². The van der Waals surface area contributed by atoms with Crippen LogP contribution in [0.3, 0.4) is 0 Å². The van der Waals surface area contributed by atoms with Crippen LogP contribution in [0.4, 0.5) is 4.79 Å². The Kier molecular flexibility index (Phi) is 5.08. The van der Waals surface area contributed by atoms with E-state index in [2.05, 4.69) is 5.32 Å². The third kappa shape index (κ3) is 4.35. The summed E-state index contributed by atoms with van der Waals surface area (Å²) < 4.78 is 30.1. The van der Waals surface area contributed by atoms with Gasteiger partial charge in [-0.2, -0.15) is 4.31 Å². The van der Waals surface area contributed by atoms with Gasteiger partial charge < -0.3 is 15.2 Å². The molecule has 0 spiro atoms. The van der Waals surface area contributed by atoms with Crippen LogP contribution in [0.2, 0.25) is 0 Å². The number of hydrogen-bond donors (Lipinski definition) is 2. The van der Waals surface area contributed by atoms with Crippen molar-refractivity contribution in [2.24, 2.45) is 0 Å². The third-order valence-corrected chi connectivity index (χ3v) is 6.04. The molecule has 0 saturated carbocycles. The fourth-order valence-corrected chi connectivity index (χ4v) is 3.69. The first-order valence-electron chi connectivity index (χ1n) is 7.35. The van der Waals surface area contributed by atoms with Crippen LogP contribution in [-0.4, -0.2) is 58.9 Å². The van der Waals surface area contributed by atoms with E-state index in [4.69, 9.17) is 4.74 Å². The monoisotopic (exact) mass is 350 g/mol. The molecule has 8 nitrogen and oxygen atoms in total. The van der Waals surface area contributed by atoms with Crippen molar-refractivity contribution < 1.29 is 27.9 Å². The van der Waals surface area contributed by atoms with E-state index in [0.29, 0.717) is 0 Å². The zero-order chi connectivity index (χ0) is 18.3. The first-order chi connectivity index (χ1) is 10.1. The van der Waals surface area contributed by atoms with E-state index in [-0.39, 0.29) is 19.5 Å². The van der Waals surface area contributed by atoms with E-state index in [1.165, 1.54) is 0 Å². The molecule has 1 aliphatic heterocycles. The lowest BCUT2D eigenvalue weighted by Crippen LogP contribution is -2.58. The number of ether oxygens (including phenoxy) is 1. The number of hydrogen-bond acceptors (Lipinski definition) is 5. The van der Waals surface area contributed by atoms with Gasteiger partial charge in [0.05, 0.1) is 4.75 Å². The first kappa shape index (κ1) is 19.7. The van der Waals surface area contributed by atoms with Gasteiger partial charge in [-0.25, -0.2) is 18.0 Å². The fraction of sp³-hybridized carbons (Fsp3) is 0.857. The summed E-state index contributed by atoms with van der Waals surface area (Å²) in [5, 5.41) is 11.8. The molecule has 1 rings (SSSR count). The Labute approximate surface area is 137 Å². The normalized spacial score (nSPS) is 23.6. The van der Waals surface area contributed by atoms with Crippen molar-refractivity contribution in [1.29, 1.82) is 0 Å². The smallest absolute Gasteiger partial charge is 0.408 e. The minimum absolute atomic E-state index is 0.0170. The number of nitrogens with one attached hydrogen (secondary N) is 1. The number of amides is 1. The number of aliphatic carboxylic acids is 1. The molecule has 9 heteroatoms. The molecule has 0 radical (unpaired) electrons. The number of alkyl carbamates (subject to hydrolysis) is 1. The van der Waals surface area contributed by atoms with Crippen LogP contribution in [0.15, 0.2) is 0 Å². The molecule has 1 unspecified atom stereocenters. The Hall–Kier alpha value is -1.35. The first-order valence-corrected chi connectivity index (χ1v) is 8.79. The largest absolute Gasteiger partial charge is 0.479 e. The number of carboxylic acid groups (broad SMARTS) is 1. The second-order valence-corrected chi connectivity index (χ2v) is 10.4. The lowest BCUT2D eigenvalue weighted by molar-refractivity contribution is -0.144. The minimum atomic E-state index is -3.67. The van der Waals surface area contributed by atoms with Crippen molar-refractivity contribution in [3.63, 3.8) is 0 Å². The molecule has 1 aliphatic rings. The summed E-state index contributed by atoms with van der Waals surface area (Å²) in [6, 6.07) is 0. The van der Waals surface area contributed by atoms with Crippen molar-refractivity contribution in [1.82, 2.24) is 9.62 Å². The Morgan fingerprint density at radius 2 is 1.70 bits per heavy atom. The van der Waals surface area contributed by atoms with Crippen molar-refractivity contribution in [2.75, 3.05) is 13.1 Å². The zero-order valence-corrected chi connectivity index (χ0v) is 15.3. The maximum Gasteiger partial charge on any atom is 0.408 e. The third-order valence-electron chi connectivity index (χ3n) is 3.50. The van der Waals surface area contributed by atoms with E-state index >= 15 is 0 Å². The highest BCUT2D eigenvalue weighted by Gasteiger charge is 2.51. The number of carbonyl (C=O) groups is 2. The summed E-state index contributed by atoms with van der Waals surface area (Å²) in [7, 11) is -3.67. The number of carboxylic acids is 1. The molecule has 134 valence electrons. The molecule has 1 heterocycles. The predicted molar refractivity (Wildman–Crippen MR) is 84.6 cm³/mol. The molecular weight excluding hydrogens is 324 g/mol. The summed E-state index contributed by atoms with van der Waals surface area (Å²) in [4.78, 5) is 23.6. The minimum Gasteiger partial charge on any atom is -0.479 e. The Bertz CT molecular complexity index is 587. The SMILES string of the molecule is CC(C)(C)OC(=O)NC1(C(=O)O)CCN(S(=O)(=O)C(C)(C)C)C1. The standard InChI is InChI=1S/C14H26N2O6S/c1-12(2,3)22-11(19)15-14(10(17)18)7-8-16(9-14)23(20,21)13(4,5)6/h7-9H2,1-6H3,(H,15,19)(H,17,18). The fourth-order valence-electron chi connectivity index (χ4n) is 2.20. The molecule has 1 fully saturated rings. The summed E-state index contributed by atoms with van der Waals surface area (Å²) in [5.74, 6) is -1.28. The highest BCUT2D eigenvalue weighted by Crippen LogP contribution is 2.30. The van der Waals surface area contributed by atoms with Gasteiger partial charge in [-0.15, -0.1) is 0 Å². The van der Waals surface area contributed by atoms with E-state index in [9.17, 15) is 23.1 Å². The molecule has 1 atom stereocenters. The summed E-state index contributed by atoms with van der Waals surface area (Å²) >= 11 is 0. The van der Waals surface area contributed by atoms with Gasteiger partial charge in [0, 0.05) is 13.1 Å². The van der Waals surface area contributed by atoms with Crippen LogP contribution in [0, 0.1) is 0 Å². The second kappa shape index (κ2) is 5.94. The number of rotatable bonds is 3. The maximum absolute atomic E-state index is 12.5.